The van der Waals surface area contributed by atoms with Crippen LogP contribution in [0.5, 0.6) is 0 Å². The van der Waals surface area contributed by atoms with Crippen molar-refractivity contribution in [2.45, 2.75) is 51.0 Å². The molecule has 0 saturated heterocycles. The molecule has 0 bridgehead atoms. The van der Waals surface area contributed by atoms with Gasteiger partial charge in [-0.25, -0.2) is 0 Å². The fraction of sp³-hybridized carbons (Fsp3) is 0.611. The van der Waals surface area contributed by atoms with E-state index in [1.54, 1.807) is 0 Å². The molecule has 3 heteroatoms. The van der Waals surface area contributed by atoms with E-state index in [1.165, 1.54) is 32.1 Å². The van der Waals surface area contributed by atoms with Gasteiger partial charge in [0.25, 0.3) is 0 Å². The minimum Gasteiger partial charge on any atom is -0.387 e. The number of rotatable bonds is 6. The molecule has 2 rings (SSSR count). The summed E-state index contributed by atoms with van der Waals surface area (Å²) in [4.78, 5) is 2.42. The second kappa shape index (κ2) is 7.60. The molecule has 3 N–H and O–H groups in total. The molecule has 0 aliphatic heterocycles. The number of nitrogens with two attached hydrogens (primary N) is 1. The zero-order valence-electron chi connectivity index (χ0n) is 13.4. The summed E-state index contributed by atoms with van der Waals surface area (Å²) in [6.07, 6.45) is 6.59. The maximum atomic E-state index is 7.91. The fourth-order valence-corrected chi connectivity index (χ4v) is 3.50. The van der Waals surface area contributed by atoms with Crippen LogP contribution in [0.3, 0.4) is 0 Å². The molecule has 3 nitrogen and oxygen atoms in total. The third-order valence-corrected chi connectivity index (χ3v) is 5.06. The van der Waals surface area contributed by atoms with Crippen LogP contribution in [0.2, 0.25) is 0 Å². The van der Waals surface area contributed by atoms with E-state index in [4.69, 9.17) is 11.1 Å². The molecule has 1 aliphatic rings. The molecule has 1 fully saturated rings. The van der Waals surface area contributed by atoms with Crippen molar-refractivity contribution < 1.29 is 0 Å². The van der Waals surface area contributed by atoms with Crippen molar-refractivity contribution in [2.75, 3.05) is 13.6 Å². The molecule has 1 unspecified atom stereocenters. The van der Waals surface area contributed by atoms with Gasteiger partial charge < -0.3 is 10.6 Å². The van der Waals surface area contributed by atoms with Gasteiger partial charge >= 0.3 is 0 Å². The average molecular weight is 287 g/mol. The van der Waals surface area contributed by atoms with Crippen LogP contribution in [0.1, 0.15) is 50.5 Å². The Kier molecular flexibility index (Phi) is 5.80. The Morgan fingerprint density at radius 3 is 2.38 bits per heavy atom. The van der Waals surface area contributed by atoms with Gasteiger partial charge in [-0.3, -0.25) is 5.41 Å². The smallest absolute Gasteiger partial charge is 0.0995 e. The Labute approximate surface area is 129 Å². The monoisotopic (exact) mass is 287 g/mol. The maximum Gasteiger partial charge on any atom is 0.0995 e. The van der Waals surface area contributed by atoms with Crippen molar-refractivity contribution >= 4 is 5.84 Å². The maximum absolute atomic E-state index is 7.91. The molecular formula is C18H29N3. The molecule has 116 valence electrons. The molecular weight excluding hydrogens is 258 g/mol. The van der Waals surface area contributed by atoms with Crippen LogP contribution in [-0.4, -0.2) is 30.4 Å². The Bertz CT molecular complexity index is 435. The summed E-state index contributed by atoms with van der Waals surface area (Å²) in [5.41, 5.74) is 7.00. The van der Waals surface area contributed by atoms with Crippen molar-refractivity contribution in [2.24, 2.45) is 11.7 Å². The first-order valence-corrected chi connectivity index (χ1v) is 8.20. The van der Waals surface area contributed by atoms with Crippen LogP contribution < -0.4 is 5.73 Å². The minimum absolute atomic E-state index is 0.0140. The van der Waals surface area contributed by atoms with Crippen LogP contribution in [0.15, 0.2) is 30.3 Å². The van der Waals surface area contributed by atoms with Gasteiger partial charge in [0.15, 0.2) is 0 Å². The van der Waals surface area contributed by atoms with Gasteiger partial charge in [0, 0.05) is 12.6 Å². The summed E-state index contributed by atoms with van der Waals surface area (Å²) in [6.45, 7) is 3.15. The van der Waals surface area contributed by atoms with Gasteiger partial charge in [0.2, 0.25) is 0 Å². The Hall–Kier alpha value is -1.35. The second-order valence-electron chi connectivity index (χ2n) is 6.44. The molecule has 1 aliphatic carbocycles. The first-order valence-electron chi connectivity index (χ1n) is 8.20. The number of nitrogens with zero attached hydrogens (tertiary/aromatic N) is 1. The van der Waals surface area contributed by atoms with E-state index in [9.17, 15) is 0 Å². The lowest BCUT2D eigenvalue weighted by molar-refractivity contribution is 0.162. The van der Waals surface area contributed by atoms with E-state index in [2.05, 4.69) is 31.0 Å². The van der Waals surface area contributed by atoms with Crippen molar-refractivity contribution in [1.82, 2.24) is 4.90 Å². The van der Waals surface area contributed by atoms with Crippen LogP contribution >= 0.6 is 0 Å². The Morgan fingerprint density at radius 2 is 1.86 bits per heavy atom. The molecule has 0 heterocycles. The van der Waals surface area contributed by atoms with E-state index < -0.39 is 0 Å². The highest BCUT2D eigenvalue weighted by molar-refractivity contribution is 5.84. The SMILES string of the molecule is CCC1CCC(N(C)CC(C(=N)N)c2ccccc2)CC1. The normalized spacial score (nSPS) is 24.0. The third-order valence-electron chi connectivity index (χ3n) is 5.06. The number of amidine groups is 1. The highest BCUT2D eigenvalue weighted by atomic mass is 15.1. The van der Waals surface area contributed by atoms with Crippen molar-refractivity contribution in [1.29, 1.82) is 5.41 Å². The number of benzene rings is 1. The van der Waals surface area contributed by atoms with Gasteiger partial charge in [-0.1, -0.05) is 43.7 Å². The highest BCUT2D eigenvalue weighted by Gasteiger charge is 2.26. The zero-order chi connectivity index (χ0) is 15.2. The van der Waals surface area contributed by atoms with Crippen molar-refractivity contribution in [3.63, 3.8) is 0 Å². The van der Waals surface area contributed by atoms with E-state index >= 15 is 0 Å². The third kappa shape index (κ3) is 4.31. The zero-order valence-corrected chi connectivity index (χ0v) is 13.4. The number of likely N-dealkylation sites (N-methyl/N-ethyl adjacent to an activating group) is 1. The quantitative estimate of drug-likeness (QED) is 0.620. The van der Waals surface area contributed by atoms with E-state index in [-0.39, 0.29) is 11.8 Å². The highest BCUT2D eigenvalue weighted by Crippen LogP contribution is 2.30. The summed E-state index contributed by atoms with van der Waals surface area (Å²) < 4.78 is 0. The lowest BCUT2D eigenvalue weighted by Crippen LogP contribution is -2.40. The molecule has 0 amide bonds. The molecule has 1 saturated carbocycles. The molecule has 1 aromatic rings. The van der Waals surface area contributed by atoms with Gasteiger partial charge in [0.05, 0.1) is 11.8 Å². The van der Waals surface area contributed by atoms with Crippen LogP contribution in [0.25, 0.3) is 0 Å². The molecule has 0 aromatic heterocycles. The van der Waals surface area contributed by atoms with Crippen LogP contribution in [-0.2, 0) is 0 Å². The first-order chi connectivity index (χ1) is 10.1. The van der Waals surface area contributed by atoms with E-state index in [1.807, 2.05) is 18.2 Å². The summed E-state index contributed by atoms with van der Waals surface area (Å²) in [6, 6.07) is 10.9. The average Bonchev–Trinajstić information content (AvgIpc) is 2.53. The minimum atomic E-state index is 0.0140. The number of hydrogen-bond acceptors (Lipinski definition) is 2. The molecule has 0 spiro atoms. The van der Waals surface area contributed by atoms with Gasteiger partial charge in [-0.05, 0) is 44.2 Å². The summed E-state index contributed by atoms with van der Waals surface area (Å²) in [5.74, 6) is 1.21. The fourth-order valence-electron chi connectivity index (χ4n) is 3.50. The predicted octanol–water partition coefficient (Wildman–Crippen LogP) is 3.61. The van der Waals surface area contributed by atoms with Crippen molar-refractivity contribution in [3.8, 4) is 0 Å². The lowest BCUT2D eigenvalue weighted by atomic mass is 9.83. The summed E-state index contributed by atoms with van der Waals surface area (Å²) in [5, 5.41) is 7.91. The molecule has 1 atom stereocenters. The summed E-state index contributed by atoms with van der Waals surface area (Å²) >= 11 is 0. The van der Waals surface area contributed by atoms with Gasteiger partial charge in [-0.2, -0.15) is 0 Å². The molecule has 1 aromatic carbocycles. The second-order valence-corrected chi connectivity index (χ2v) is 6.44. The van der Waals surface area contributed by atoms with Crippen molar-refractivity contribution in [3.05, 3.63) is 35.9 Å². The lowest BCUT2D eigenvalue weighted by Gasteiger charge is -2.36. The van der Waals surface area contributed by atoms with Gasteiger partial charge in [-0.15, -0.1) is 0 Å². The molecule has 21 heavy (non-hydrogen) atoms. The number of nitrogens with one attached hydrogen (secondary N) is 1. The largest absolute Gasteiger partial charge is 0.387 e. The van der Waals surface area contributed by atoms with E-state index in [0.717, 1.165) is 18.0 Å². The molecule has 0 radical (unpaired) electrons. The first kappa shape index (κ1) is 16.0. The predicted molar refractivity (Wildman–Crippen MR) is 89.8 cm³/mol. The van der Waals surface area contributed by atoms with Crippen LogP contribution in [0.4, 0.5) is 0 Å². The van der Waals surface area contributed by atoms with Crippen LogP contribution in [0, 0.1) is 11.3 Å². The van der Waals surface area contributed by atoms with E-state index in [0.29, 0.717) is 6.04 Å². The Balaban J connectivity index is 1.96. The topological polar surface area (TPSA) is 53.1 Å². The van der Waals surface area contributed by atoms with Gasteiger partial charge in [0.1, 0.15) is 0 Å². The number of hydrogen-bond donors (Lipinski definition) is 2. The summed E-state index contributed by atoms with van der Waals surface area (Å²) in [7, 11) is 2.19. The standard InChI is InChI=1S/C18H29N3/c1-3-14-9-11-16(12-10-14)21(2)13-17(18(19)20)15-7-5-4-6-8-15/h4-8,14,16-17H,3,9-13H2,1-2H3,(H3,19,20). The Morgan fingerprint density at radius 1 is 1.24 bits per heavy atom.